The van der Waals surface area contributed by atoms with Crippen LogP contribution in [0.1, 0.15) is 293 Å². The van der Waals surface area contributed by atoms with Gasteiger partial charge in [-0.3, -0.25) is 0 Å². The van der Waals surface area contributed by atoms with Gasteiger partial charge in [0.15, 0.2) is 0 Å². The second kappa shape index (κ2) is 38.5. The Hall–Kier alpha value is -1.14. The summed E-state index contributed by atoms with van der Waals surface area (Å²) in [6.45, 7) is 10.8. The van der Waals surface area contributed by atoms with Gasteiger partial charge in [0, 0.05) is 0 Å². The molecule has 5 rings (SSSR count). The van der Waals surface area contributed by atoms with Crippen molar-refractivity contribution in [2.75, 3.05) is 22.9 Å². The van der Waals surface area contributed by atoms with E-state index in [1.165, 1.54) is 264 Å². The third-order valence-electron chi connectivity index (χ3n) is 16.5. The number of carbonyl (C=O) groups excluding carboxylic acids is 2. The van der Waals surface area contributed by atoms with Gasteiger partial charge in [-0.05, 0) is 0 Å². The molecule has 2 aliphatic rings. The van der Waals surface area contributed by atoms with Crippen molar-refractivity contribution in [2.24, 2.45) is 11.8 Å². The standard InChI is InChI=1S/C66H104Br2N2O2Se2/c1-5-9-13-17-21-25-27-31-35-39-43-53(41-37-33-29-23-19-15-11-7-3)51-69-57-49-56-58(50-55(57)63(65(69)71)59-45-47-61(67)73-59)70(66(72)64(56)60-46-48-62(68)74-60)52-54(42-38-34-30-24-20-16-12-8-4)44-40-36-32-28-26-22-18-14-10-6-2/h45-50,53-54H,5-44,51-52H2,1-4H3. The molecule has 0 saturated carbocycles. The summed E-state index contributed by atoms with van der Waals surface area (Å²) in [7, 11) is 0. The van der Waals surface area contributed by atoms with Gasteiger partial charge in [-0.25, -0.2) is 0 Å². The molecule has 0 bridgehead atoms. The molecule has 74 heavy (non-hydrogen) atoms. The normalized spacial score (nSPS) is 14.3. The van der Waals surface area contributed by atoms with Crippen molar-refractivity contribution < 1.29 is 9.59 Å². The predicted molar refractivity (Wildman–Crippen MR) is 332 cm³/mol. The molecule has 0 fully saturated rings. The Morgan fingerprint density at radius 1 is 0.365 bits per heavy atom. The van der Waals surface area contributed by atoms with Crippen molar-refractivity contribution in [2.45, 2.75) is 285 Å². The van der Waals surface area contributed by atoms with Gasteiger partial charge < -0.3 is 0 Å². The first kappa shape index (κ1) is 63.7. The summed E-state index contributed by atoms with van der Waals surface area (Å²) in [5.41, 5.74) is 3.85. The molecule has 0 N–H and O–H groups in total. The third kappa shape index (κ3) is 22.2. The number of halogens is 2. The number of hydrogen-bond acceptors (Lipinski definition) is 2. The van der Waals surface area contributed by atoms with Crippen LogP contribution in [-0.2, 0) is 9.59 Å². The van der Waals surface area contributed by atoms with E-state index < -0.39 is 0 Å². The Kier molecular flexibility index (Phi) is 33.1. The molecule has 1 aromatic carbocycles. The van der Waals surface area contributed by atoms with Crippen LogP contribution >= 0.6 is 31.9 Å². The number of rotatable bonds is 46. The number of unbranched alkanes of at least 4 members (excludes halogenated alkanes) is 32. The Morgan fingerprint density at radius 3 is 0.838 bits per heavy atom. The van der Waals surface area contributed by atoms with Crippen LogP contribution in [0.4, 0.5) is 11.4 Å². The van der Waals surface area contributed by atoms with E-state index in [0.717, 1.165) is 54.9 Å². The number of hydrogen-bond donors (Lipinski definition) is 0. The van der Waals surface area contributed by atoms with Crippen molar-refractivity contribution in [3.63, 3.8) is 0 Å². The molecule has 416 valence electrons. The quantitative estimate of drug-likeness (QED) is 0.0418. The summed E-state index contributed by atoms with van der Waals surface area (Å²) in [5.74, 6) is 1.29. The maximum absolute atomic E-state index is 15.3. The fourth-order valence-corrected chi connectivity index (χ4v) is 17.4. The summed E-state index contributed by atoms with van der Waals surface area (Å²) in [5, 5.41) is 2.11. The fourth-order valence-electron chi connectivity index (χ4n) is 12.0. The van der Waals surface area contributed by atoms with Gasteiger partial charge in [-0.1, -0.05) is 130 Å². The smallest absolute Gasteiger partial charge is 0.0654 e. The first-order chi connectivity index (χ1) is 36.3. The predicted octanol–water partition coefficient (Wildman–Crippen LogP) is 19.3. The van der Waals surface area contributed by atoms with E-state index in [9.17, 15) is 0 Å². The molecule has 4 heterocycles. The van der Waals surface area contributed by atoms with E-state index in [2.05, 4.69) is 106 Å². The topological polar surface area (TPSA) is 40.6 Å². The minimum atomic E-state index is 0.0435. The molecular weight excluding hydrogens is 1170 g/mol. The summed E-state index contributed by atoms with van der Waals surface area (Å²) in [6.07, 6.45) is 52.9. The van der Waals surface area contributed by atoms with Gasteiger partial charge in [0.25, 0.3) is 0 Å². The third-order valence-corrected chi connectivity index (χ3v) is 22.5. The van der Waals surface area contributed by atoms with Crippen LogP contribution in [-0.4, -0.2) is 53.9 Å². The van der Waals surface area contributed by atoms with E-state index in [4.69, 9.17) is 0 Å². The summed E-state index contributed by atoms with van der Waals surface area (Å²) >= 11 is 7.75. The second-order valence-electron chi connectivity index (χ2n) is 22.9. The molecule has 2 aromatic heterocycles. The van der Waals surface area contributed by atoms with E-state index in [-0.39, 0.29) is 40.8 Å². The van der Waals surface area contributed by atoms with Crippen molar-refractivity contribution in [3.8, 4) is 0 Å². The summed E-state index contributed by atoms with van der Waals surface area (Å²) in [6, 6.07) is 13.3. The van der Waals surface area contributed by atoms with Crippen molar-refractivity contribution in [1.29, 1.82) is 0 Å². The number of benzene rings is 1. The number of anilines is 2. The van der Waals surface area contributed by atoms with Crippen LogP contribution in [0.25, 0.3) is 11.1 Å². The molecule has 2 atom stereocenters. The average molecular weight is 1280 g/mol. The van der Waals surface area contributed by atoms with Crippen LogP contribution in [0.3, 0.4) is 0 Å². The number of fused-ring (bicyclic) bond motifs is 2. The molecule has 2 amide bonds. The van der Waals surface area contributed by atoms with E-state index in [1.807, 2.05) is 0 Å². The van der Waals surface area contributed by atoms with Crippen LogP contribution < -0.4 is 20.2 Å². The van der Waals surface area contributed by atoms with Crippen LogP contribution in [0.15, 0.2) is 43.1 Å². The Morgan fingerprint density at radius 2 is 0.608 bits per heavy atom. The summed E-state index contributed by atoms with van der Waals surface area (Å²) < 4.78 is 4.70. The van der Waals surface area contributed by atoms with Crippen molar-refractivity contribution in [3.05, 3.63) is 62.4 Å². The first-order valence-electron chi connectivity index (χ1n) is 31.4. The minimum absolute atomic E-state index is 0.0435. The molecule has 0 saturated heterocycles. The van der Waals surface area contributed by atoms with Gasteiger partial charge >= 0.3 is 356 Å². The molecule has 2 aliphatic heterocycles. The minimum Gasteiger partial charge on any atom is -0.0654 e. The SMILES string of the molecule is CCCCCCCCCCCCC(CCCCCCCCCC)CN1C(=O)C(c2ccc(Br)[se]2)=c2cc3c(cc21)=C(c1ccc(Br)[se]1)C(=O)N3CC(CCCCCCCCCC)CCCCCCCCCCCC. The fraction of sp³-hybridized carbons (Fsp3) is 0.727. The van der Waals surface area contributed by atoms with Crippen molar-refractivity contribution in [1.82, 2.24) is 0 Å². The van der Waals surface area contributed by atoms with Crippen LogP contribution in [0.5, 0.6) is 0 Å². The Balaban J connectivity index is 1.41. The first-order valence-corrected chi connectivity index (χ1v) is 36.4. The van der Waals surface area contributed by atoms with E-state index >= 15 is 9.59 Å². The molecule has 0 aliphatic carbocycles. The van der Waals surface area contributed by atoms with Crippen LogP contribution in [0.2, 0.25) is 0 Å². The monoisotopic (exact) mass is 1270 g/mol. The zero-order valence-electron chi connectivity index (χ0n) is 47.6. The van der Waals surface area contributed by atoms with Crippen molar-refractivity contribution >= 4 is 95.2 Å². The number of carbonyl (C=O) groups is 2. The molecule has 8 heteroatoms. The molecule has 2 unspecified atom stereocenters. The van der Waals surface area contributed by atoms with Gasteiger partial charge in [-0.15, -0.1) is 0 Å². The summed E-state index contributed by atoms with van der Waals surface area (Å²) in [4.78, 5) is 35.0. The number of nitrogens with zero attached hydrogens (tertiary/aromatic N) is 2. The van der Waals surface area contributed by atoms with Gasteiger partial charge in [0.1, 0.15) is 0 Å². The molecule has 0 spiro atoms. The molecule has 0 radical (unpaired) electrons. The van der Waals surface area contributed by atoms with Gasteiger partial charge in [-0.2, -0.15) is 0 Å². The average Bonchev–Trinajstić information content (AvgIpc) is 4.16. The molecule has 4 nitrogen and oxygen atoms in total. The Labute approximate surface area is 482 Å². The zero-order valence-corrected chi connectivity index (χ0v) is 54.2. The zero-order chi connectivity index (χ0) is 52.6. The number of amides is 2. The molecular formula is C66H104Br2N2O2Se2. The van der Waals surface area contributed by atoms with Gasteiger partial charge in [0.05, 0.1) is 0 Å². The van der Waals surface area contributed by atoms with E-state index in [1.54, 1.807) is 0 Å². The van der Waals surface area contributed by atoms with E-state index in [0.29, 0.717) is 11.8 Å². The Bertz CT molecular complexity index is 1990. The van der Waals surface area contributed by atoms with Crippen LogP contribution in [0, 0.1) is 11.8 Å². The maximum atomic E-state index is 15.3. The second-order valence-corrected chi connectivity index (χ2v) is 31.5. The molecule has 3 aromatic rings. The van der Waals surface area contributed by atoms with Gasteiger partial charge in [0.2, 0.25) is 0 Å².